The van der Waals surface area contributed by atoms with Gasteiger partial charge >= 0.3 is 0 Å². The van der Waals surface area contributed by atoms with E-state index in [1.807, 2.05) is 12.4 Å². The van der Waals surface area contributed by atoms with E-state index in [0.29, 0.717) is 6.04 Å². The first kappa shape index (κ1) is 14.9. The number of nitrogens with zero attached hydrogens (tertiary/aromatic N) is 2. The summed E-state index contributed by atoms with van der Waals surface area (Å²) in [6, 6.07) is 2.86. The maximum absolute atomic E-state index is 4.19. The van der Waals surface area contributed by atoms with Crippen LogP contribution in [0.3, 0.4) is 0 Å². The highest BCUT2D eigenvalue weighted by atomic mass is 79.9. The van der Waals surface area contributed by atoms with E-state index in [4.69, 9.17) is 0 Å². The molecule has 3 nitrogen and oxygen atoms in total. The molecule has 0 spiro atoms. The molecule has 1 aliphatic heterocycles. The molecular formula is C12H19BrClN3. The number of likely N-dealkylation sites (tertiary alicyclic amines) is 1. The summed E-state index contributed by atoms with van der Waals surface area (Å²) in [4.78, 5) is 6.69. The van der Waals surface area contributed by atoms with Crippen LogP contribution in [0.1, 0.15) is 18.4 Å². The van der Waals surface area contributed by atoms with Crippen molar-refractivity contribution in [1.82, 2.24) is 15.2 Å². The van der Waals surface area contributed by atoms with E-state index in [0.717, 1.165) is 11.0 Å². The standard InChI is InChI=1S/C12H18BrN3.ClH/c1-14-12-2-4-16(5-3-12)9-10-6-11(13)8-15-7-10;/h6-8,12,14H,2-5,9H2,1H3;1H. The van der Waals surface area contributed by atoms with Gasteiger partial charge in [0, 0.05) is 29.5 Å². The molecule has 1 saturated heterocycles. The van der Waals surface area contributed by atoms with E-state index < -0.39 is 0 Å². The van der Waals surface area contributed by atoms with Crippen LogP contribution in [0.4, 0.5) is 0 Å². The van der Waals surface area contributed by atoms with Crippen molar-refractivity contribution in [3.63, 3.8) is 0 Å². The van der Waals surface area contributed by atoms with E-state index in [9.17, 15) is 0 Å². The van der Waals surface area contributed by atoms with Gasteiger partial charge in [-0.2, -0.15) is 0 Å². The number of halogens is 2. The zero-order valence-electron chi connectivity index (χ0n) is 10.0. The van der Waals surface area contributed by atoms with Crippen LogP contribution in [0.25, 0.3) is 0 Å². The average molecular weight is 321 g/mol. The Balaban J connectivity index is 0.00000144. The van der Waals surface area contributed by atoms with Crippen molar-refractivity contribution < 1.29 is 0 Å². The monoisotopic (exact) mass is 319 g/mol. The van der Waals surface area contributed by atoms with Crippen molar-refractivity contribution in [3.8, 4) is 0 Å². The Bertz CT molecular complexity index is 340. The number of rotatable bonds is 3. The Hall–Kier alpha value is -0.160. The quantitative estimate of drug-likeness (QED) is 0.927. The van der Waals surface area contributed by atoms with Crippen LogP contribution in [0.2, 0.25) is 0 Å². The van der Waals surface area contributed by atoms with Crippen LogP contribution in [0, 0.1) is 0 Å². The molecule has 1 aromatic heterocycles. The van der Waals surface area contributed by atoms with Crippen molar-refractivity contribution in [2.75, 3.05) is 20.1 Å². The molecule has 0 bridgehead atoms. The molecule has 2 heterocycles. The Morgan fingerprint density at radius 1 is 1.41 bits per heavy atom. The zero-order chi connectivity index (χ0) is 11.4. The summed E-state index contributed by atoms with van der Waals surface area (Å²) in [7, 11) is 2.05. The lowest BCUT2D eigenvalue weighted by Crippen LogP contribution is -2.40. The number of hydrogen-bond acceptors (Lipinski definition) is 3. The predicted molar refractivity (Wildman–Crippen MR) is 76.5 cm³/mol. The highest BCUT2D eigenvalue weighted by Crippen LogP contribution is 2.15. The molecule has 0 unspecified atom stereocenters. The van der Waals surface area contributed by atoms with Crippen LogP contribution in [-0.4, -0.2) is 36.1 Å². The molecule has 5 heteroatoms. The van der Waals surface area contributed by atoms with E-state index in [-0.39, 0.29) is 12.4 Å². The van der Waals surface area contributed by atoms with Gasteiger partial charge in [-0.25, -0.2) is 0 Å². The van der Waals surface area contributed by atoms with Crippen LogP contribution in [0.5, 0.6) is 0 Å². The first-order valence-corrected chi connectivity index (χ1v) is 6.56. The van der Waals surface area contributed by atoms with Gasteiger partial charge in [-0.15, -0.1) is 12.4 Å². The second-order valence-corrected chi connectivity index (χ2v) is 5.27. The smallest absolute Gasteiger partial charge is 0.0410 e. The van der Waals surface area contributed by atoms with Gasteiger partial charge in [-0.1, -0.05) is 0 Å². The lowest BCUT2D eigenvalue weighted by Gasteiger charge is -2.31. The van der Waals surface area contributed by atoms with Crippen molar-refractivity contribution in [3.05, 3.63) is 28.5 Å². The molecule has 0 atom stereocenters. The summed E-state index contributed by atoms with van der Waals surface area (Å²) >= 11 is 3.46. The van der Waals surface area contributed by atoms with Gasteiger partial charge in [0.05, 0.1) is 0 Å². The molecule has 1 aliphatic rings. The fourth-order valence-corrected chi connectivity index (χ4v) is 2.59. The predicted octanol–water partition coefficient (Wildman–Crippen LogP) is 2.45. The number of nitrogens with one attached hydrogen (secondary N) is 1. The van der Waals surface area contributed by atoms with Gasteiger partial charge in [0.2, 0.25) is 0 Å². The first-order chi connectivity index (χ1) is 7.78. The Morgan fingerprint density at radius 2 is 2.12 bits per heavy atom. The summed E-state index contributed by atoms with van der Waals surface area (Å²) in [5.41, 5.74) is 1.29. The van der Waals surface area contributed by atoms with Crippen LogP contribution >= 0.6 is 28.3 Å². The van der Waals surface area contributed by atoms with Gasteiger partial charge < -0.3 is 5.32 Å². The van der Waals surface area contributed by atoms with Crippen LogP contribution < -0.4 is 5.32 Å². The van der Waals surface area contributed by atoms with Crippen molar-refractivity contribution in [2.45, 2.75) is 25.4 Å². The summed E-state index contributed by atoms with van der Waals surface area (Å²) < 4.78 is 1.06. The molecule has 1 N–H and O–H groups in total. The topological polar surface area (TPSA) is 28.2 Å². The second kappa shape index (κ2) is 7.31. The minimum Gasteiger partial charge on any atom is -0.317 e. The first-order valence-electron chi connectivity index (χ1n) is 5.77. The Labute approximate surface area is 118 Å². The molecule has 0 aromatic carbocycles. The van der Waals surface area contributed by atoms with Crippen LogP contribution in [0.15, 0.2) is 22.9 Å². The van der Waals surface area contributed by atoms with Gasteiger partial charge in [0.1, 0.15) is 0 Å². The third kappa shape index (κ3) is 4.54. The molecular weight excluding hydrogens is 302 g/mol. The maximum Gasteiger partial charge on any atom is 0.0410 e. The summed E-state index contributed by atoms with van der Waals surface area (Å²) in [6.45, 7) is 3.37. The van der Waals surface area contributed by atoms with Crippen molar-refractivity contribution in [1.29, 1.82) is 0 Å². The van der Waals surface area contributed by atoms with E-state index in [1.165, 1.54) is 31.5 Å². The highest BCUT2D eigenvalue weighted by molar-refractivity contribution is 9.10. The highest BCUT2D eigenvalue weighted by Gasteiger charge is 2.17. The number of hydrogen-bond donors (Lipinski definition) is 1. The third-order valence-corrected chi connectivity index (χ3v) is 3.60. The summed E-state index contributed by atoms with van der Waals surface area (Å²) in [5.74, 6) is 0. The maximum atomic E-state index is 4.19. The molecule has 96 valence electrons. The molecule has 0 aliphatic carbocycles. The molecule has 0 saturated carbocycles. The molecule has 17 heavy (non-hydrogen) atoms. The Kier molecular flexibility index (Phi) is 6.41. The average Bonchev–Trinajstić information content (AvgIpc) is 2.30. The fourth-order valence-electron chi connectivity index (χ4n) is 2.18. The lowest BCUT2D eigenvalue weighted by atomic mass is 10.0. The number of aromatic nitrogens is 1. The lowest BCUT2D eigenvalue weighted by molar-refractivity contribution is 0.194. The summed E-state index contributed by atoms with van der Waals surface area (Å²) in [5, 5.41) is 3.35. The summed E-state index contributed by atoms with van der Waals surface area (Å²) in [6.07, 6.45) is 6.28. The van der Waals surface area contributed by atoms with Crippen LogP contribution in [-0.2, 0) is 6.54 Å². The molecule has 0 amide bonds. The fraction of sp³-hybridized carbons (Fsp3) is 0.583. The normalized spacial score (nSPS) is 17.8. The molecule has 1 aromatic rings. The molecule has 0 radical (unpaired) electrons. The molecule has 1 fully saturated rings. The largest absolute Gasteiger partial charge is 0.317 e. The van der Waals surface area contributed by atoms with E-state index >= 15 is 0 Å². The zero-order valence-corrected chi connectivity index (χ0v) is 12.4. The van der Waals surface area contributed by atoms with Crippen molar-refractivity contribution in [2.24, 2.45) is 0 Å². The number of pyridine rings is 1. The van der Waals surface area contributed by atoms with E-state index in [1.54, 1.807) is 0 Å². The SMILES string of the molecule is CNC1CCN(Cc2cncc(Br)c2)CC1.Cl. The minimum absolute atomic E-state index is 0. The van der Waals surface area contributed by atoms with Gasteiger partial charge in [0.25, 0.3) is 0 Å². The van der Waals surface area contributed by atoms with Crippen molar-refractivity contribution >= 4 is 28.3 Å². The van der Waals surface area contributed by atoms with Gasteiger partial charge in [-0.05, 0) is 60.5 Å². The second-order valence-electron chi connectivity index (χ2n) is 4.35. The van der Waals surface area contributed by atoms with Gasteiger partial charge in [-0.3, -0.25) is 9.88 Å². The van der Waals surface area contributed by atoms with Gasteiger partial charge in [0.15, 0.2) is 0 Å². The van der Waals surface area contributed by atoms with E-state index in [2.05, 4.69) is 44.2 Å². The Morgan fingerprint density at radius 3 is 2.71 bits per heavy atom. The third-order valence-electron chi connectivity index (χ3n) is 3.16. The number of piperidine rings is 1. The molecule has 2 rings (SSSR count). The minimum atomic E-state index is 0.